The highest BCUT2D eigenvalue weighted by molar-refractivity contribution is 5.94. The van der Waals surface area contributed by atoms with Crippen molar-refractivity contribution >= 4 is 11.6 Å². The van der Waals surface area contributed by atoms with Gasteiger partial charge in [0.1, 0.15) is 30.1 Å². The van der Waals surface area contributed by atoms with Crippen molar-refractivity contribution in [1.82, 2.24) is 20.1 Å². The molecule has 1 amide bonds. The number of amides is 1. The highest BCUT2D eigenvalue weighted by atomic mass is 19.1. The van der Waals surface area contributed by atoms with E-state index in [1.54, 1.807) is 29.2 Å². The summed E-state index contributed by atoms with van der Waals surface area (Å²) in [6.07, 6.45) is 3.10. The van der Waals surface area contributed by atoms with Gasteiger partial charge in [0.2, 0.25) is 0 Å². The molecule has 0 saturated carbocycles. The van der Waals surface area contributed by atoms with Crippen molar-refractivity contribution in [2.75, 3.05) is 18.4 Å². The zero-order valence-electron chi connectivity index (χ0n) is 14.4. The molecule has 2 aromatic carbocycles. The number of nitrogens with one attached hydrogen (secondary N) is 2. The molecule has 0 spiro atoms. The average molecular weight is 364 g/mol. The van der Waals surface area contributed by atoms with Gasteiger partial charge < -0.3 is 10.6 Å². The Labute approximate surface area is 155 Å². The fourth-order valence-electron chi connectivity index (χ4n) is 2.52. The standard InChI is InChI=1S/C19H17FN6O/c20-17-2-1-3-18(16(17)10-21)23-8-9-24-19(27)15-6-4-14(5-7-15)11-26-13-22-12-25-26/h1-7,12-13,23H,8-9,11H2,(H,24,27). The van der Waals surface area contributed by atoms with E-state index in [0.717, 1.165) is 5.56 Å². The third-order valence-electron chi connectivity index (χ3n) is 3.88. The zero-order valence-corrected chi connectivity index (χ0v) is 14.4. The Morgan fingerprint density at radius 1 is 1.19 bits per heavy atom. The maximum atomic E-state index is 13.5. The van der Waals surface area contributed by atoms with Crippen molar-refractivity contribution < 1.29 is 9.18 Å². The largest absolute Gasteiger partial charge is 0.382 e. The molecule has 0 atom stereocenters. The van der Waals surface area contributed by atoms with Crippen molar-refractivity contribution in [2.45, 2.75) is 6.54 Å². The first-order valence-corrected chi connectivity index (χ1v) is 8.29. The lowest BCUT2D eigenvalue weighted by Gasteiger charge is -2.10. The highest BCUT2D eigenvalue weighted by Gasteiger charge is 2.08. The molecule has 0 saturated heterocycles. The Morgan fingerprint density at radius 3 is 2.70 bits per heavy atom. The Kier molecular flexibility index (Phi) is 5.74. The van der Waals surface area contributed by atoms with Gasteiger partial charge in [-0.1, -0.05) is 18.2 Å². The second-order valence-electron chi connectivity index (χ2n) is 5.75. The van der Waals surface area contributed by atoms with Crippen molar-refractivity contribution in [3.63, 3.8) is 0 Å². The first kappa shape index (κ1) is 18.1. The SMILES string of the molecule is N#Cc1c(F)cccc1NCCNC(=O)c1ccc(Cn2cncn2)cc1. The molecular formula is C19H17FN6O. The molecule has 7 nitrogen and oxygen atoms in total. The van der Waals surface area contributed by atoms with E-state index < -0.39 is 5.82 Å². The molecule has 0 bridgehead atoms. The van der Waals surface area contributed by atoms with Gasteiger partial charge in [-0.2, -0.15) is 10.4 Å². The second-order valence-corrected chi connectivity index (χ2v) is 5.75. The van der Waals surface area contributed by atoms with Crippen molar-refractivity contribution in [3.8, 4) is 6.07 Å². The molecule has 0 fully saturated rings. The molecule has 3 rings (SSSR count). The number of nitrogens with zero attached hydrogens (tertiary/aromatic N) is 4. The van der Waals surface area contributed by atoms with Crippen LogP contribution in [0.2, 0.25) is 0 Å². The summed E-state index contributed by atoms with van der Waals surface area (Å²) in [5, 5.41) is 18.8. The monoisotopic (exact) mass is 364 g/mol. The summed E-state index contributed by atoms with van der Waals surface area (Å²) in [5.74, 6) is -0.777. The maximum Gasteiger partial charge on any atom is 0.251 e. The lowest BCUT2D eigenvalue weighted by Crippen LogP contribution is -2.28. The summed E-state index contributed by atoms with van der Waals surface area (Å²) in [5.41, 5.74) is 1.92. The normalized spacial score (nSPS) is 10.2. The van der Waals surface area contributed by atoms with E-state index in [1.807, 2.05) is 18.2 Å². The van der Waals surface area contributed by atoms with Gasteiger partial charge in [0.05, 0.1) is 12.2 Å². The topological polar surface area (TPSA) is 95.6 Å². The number of anilines is 1. The van der Waals surface area contributed by atoms with Crippen LogP contribution >= 0.6 is 0 Å². The van der Waals surface area contributed by atoms with Crippen LogP contribution in [0, 0.1) is 17.1 Å². The number of nitriles is 1. The molecule has 27 heavy (non-hydrogen) atoms. The predicted octanol–water partition coefficient (Wildman–Crippen LogP) is 2.18. The van der Waals surface area contributed by atoms with Gasteiger partial charge >= 0.3 is 0 Å². The van der Waals surface area contributed by atoms with Crippen LogP contribution in [-0.2, 0) is 6.54 Å². The first-order valence-electron chi connectivity index (χ1n) is 8.29. The molecule has 0 aliphatic rings. The summed E-state index contributed by atoms with van der Waals surface area (Å²) in [4.78, 5) is 16.1. The quantitative estimate of drug-likeness (QED) is 0.627. The van der Waals surface area contributed by atoms with E-state index in [0.29, 0.717) is 30.9 Å². The zero-order chi connectivity index (χ0) is 19.1. The fraction of sp³-hybridized carbons (Fsp3) is 0.158. The van der Waals surface area contributed by atoms with Gasteiger partial charge in [0, 0.05) is 18.7 Å². The van der Waals surface area contributed by atoms with Crippen LogP contribution in [0.5, 0.6) is 0 Å². The third-order valence-corrected chi connectivity index (χ3v) is 3.88. The van der Waals surface area contributed by atoms with E-state index in [1.165, 1.54) is 18.5 Å². The van der Waals surface area contributed by atoms with E-state index in [9.17, 15) is 9.18 Å². The predicted molar refractivity (Wildman–Crippen MR) is 97.5 cm³/mol. The van der Waals surface area contributed by atoms with E-state index in [4.69, 9.17) is 5.26 Å². The van der Waals surface area contributed by atoms with Crippen molar-refractivity contribution in [3.05, 3.63) is 77.6 Å². The minimum Gasteiger partial charge on any atom is -0.382 e. The fourth-order valence-corrected chi connectivity index (χ4v) is 2.52. The van der Waals surface area contributed by atoms with Crippen LogP contribution in [-0.4, -0.2) is 33.8 Å². The Bertz CT molecular complexity index is 947. The number of aromatic nitrogens is 3. The summed E-state index contributed by atoms with van der Waals surface area (Å²) in [6.45, 7) is 1.29. The summed E-state index contributed by atoms with van der Waals surface area (Å²) < 4.78 is 15.2. The minimum atomic E-state index is -0.572. The van der Waals surface area contributed by atoms with Gasteiger partial charge in [-0.05, 0) is 29.8 Å². The Balaban J connectivity index is 1.48. The van der Waals surface area contributed by atoms with Crippen LogP contribution in [0.1, 0.15) is 21.5 Å². The number of benzene rings is 2. The molecule has 136 valence electrons. The van der Waals surface area contributed by atoms with Gasteiger partial charge in [-0.3, -0.25) is 4.79 Å². The Morgan fingerprint density at radius 2 is 2.00 bits per heavy atom. The first-order chi connectivity index (χ1) is 13.2. The molecular weight excluding hydrogens is 347 g/mol. The molecule has 0 radical (unpaired) electrons. The lowest BCUT2D eigenvalue weighted by atomic mass is 10.1. The van der Waals surface area contributed by atoms with Crippen molar-refractivity contribution in [1.29, 1.82) is 5.26 Å². The average Bonchev–Trinajstić information content (AvgIpc) is 3.19. The van der Waals surface area contributed by atoms with Crippen molar-refractivity contribution in [2.24, 2.45) is 0 Å². The maximum absolute atomic E-state index is 13.5. The third kappa shape index (κ3) is 4.67. The molecule has 1 aromatic heterocycles. The molecule has 2 N–H and O–H groups in total. The molecule has 0 unspecified atom stereocenters. The number of carbonyl (C=O) groups is 1. The molecule has 1 heterocycles. The van der Waals surface area contributed by atoms with Crippen LogP contribution in [0.15, 0.2) is 55.1 Å². The van der Waals surface area contributed by atoms with E-state index in [-0.39, 0.29) is 11.5 Å². The molecule has 0 aliphatic carbocycles. The lowest BCUT2D eigenvalue weighted by molar-refractivity contribution is 0.0955. The number of halogens is 1. The Hall–Kier alpha value is -3.73. The van der Waals surface area contributed by atoms with E-state index in [2.05, 4.69) is 20.7 Å². The van der Waals surface area contributed by atoms with Crippen LogP contribution in [0.3, 0.4) is 0 Å². The highest BCUT2D eigenvalue weighted by Crippen LogP contribution is 2.17. The number of hydrogen-bond donors (Lipinski definition) is 2. The second kappa shape index (κ2) is 8.58. The van der Waals surface area contributed by atoms with Crippen LogP contribution in [0.25, 0.3) is 0 Å². The van der Waals surface area contributed by atoms with Gasteiger partial charge in [-0.25, -0.2) is 14.1 Å². The molecule has 8 heteroatoms. The number of carbonyl (C=O) groups excluding carboxylic acids is 1. The van der Waals surface area contributed by atoms with E-state index >= 15 is 0 Å². The molecule has 0 aliphatic heterocycles. The van der Waals surface area contributed by atoms with Gasteiger partial charge in [0.15, 0.2) is 0 Å². The number of rotatable bonds is 7. The summed E-state index contributed by atoms with van der Waals surface area (Å²) >= 11 is 0. The van der Waals surface area contributed by atoms with Gasteiger partial charge in [-0.15, -0.1) is 0 Å². The van der Waals surface area contributed by atoms with Crippen LogP contribution in [0.4, 0.5) is 10.1 Å². The van der Waals surface area contributed by atoms with Gasteiger partial charge in [0.25, 0.3) is 5.91 Å². The summed E-state index contributed by atoms with van der Waals surface area (Å²) in [7, 11) is 0. The smallest absolute Gasteiger partial charge is 0.251 e. The number of hydrogen-bond acceptors (Lipinski definition) is 5. The molecule has 3 aromatic rings. The summed E-state index contributed by atoms with van der Waals surface area (Å²) in [6, 6.07) is 13.4. The van der Waals surface area contributed by atoms with Crippen LogP contribution < -0.4 is 10.6 Å². The minimum absolute atomic E-state index is 0.0354.